The molecule has 70 valence electrons. The van der Waals surface area contributed by atoms with Crippen molar-refractivity contribution in [1.29, 1.82) is 0 Å². The summed E-state index contributed by atoms with van der Waals surface area (Å²) < 4.78 is 5.75. The molecule has 1 aromatic rings. The van der Waals surface area contributed by atoms with Crippen molar-refractivity contribution in [3.8, 4) is 5.75 Å². The van der Waals surface area contributed by atoms with Crippen LogP contribution in [0.1, 0.15) is 25.3 Å². The molecule has 0 aromatic heterocycles. The van der Waals surface area contributed by atoms with Gasteiger partial charge < -0.3 is 10.5 Å². The Kier molecular flexibility index (Phi) is 2.13. The Labute approximate surface area is 78.7 Å². The standard InChI is InChI=1S/C11H15NO/c1-2-8-7-9(12)3-6-11(8)13-10-4-5-10/h3,6-7,10H,2,4-5,12H2,1H3. The Morgan fingerprint density at radius 1 is 1.46 bits per heavy atom. The van der Waals surface area contributed by atoms with Gasteiger partial charge in [-0.3, -0.25) is 0 Å². The molecule has 0 spiro atoms. The van der Waals surface area contributed by atoms with Crippen molar-refractivity contribution >= 4 is 5.69 Å². The molecule has 2 nitrogen and oxygen atoms in total. The molecule has 0 heterocycles. The largest absolute Gasteiger partial charge is 0.490 e. The highest BCUT2D eigenvalue weighted by Gasteiger charge is 2.24. The van der Waals surface area contributed by atoms with Crippen LogP contribution in [0.2, 0.25) is 0 Å². The van der Waals surface area contributed by atoms with E-state index in [0.717, 1.165) is 17.9 Å². The van der Waals surface area contributed by atoms with Gasteiger partial charge in [0.15, 0.2) is 0 Å². The van der Waals surface area contributed by atoms with E-state index in [1.807, 2.05) is 18.2 Å². The molecule has 0 saturated heterocycles. The molecule has 0 atom stereocenters. The summed E-state index contributed by atoms with van der Waals surface area (Å²) in [5.41, 5.74) is 7.73. The van der Waals surface area contributed by atoms with E-state index >= 15 is 0 Å². The fourth-order valence-corrected chi connectivity index (χ4v) is 1.36. The summed E-state index contributed by atoms with van der Waals surface area (Å²) in [6.07, 6.45) is 3.85. The third-order valence-corrected chi connectivity index (χ3v) is 2.28. The number of nitrogens with two attached hydrogens (primary N) is 1. The van der Waals surface area contributed by atoms with Crippen LogP contribution in [0.4, 0.5) is 5.69 Å². The highest BCUT2D eigenvalue weighted by molar-refractivity contribution is 5.48. The summed E-state index contributed by atoms with van der Waals surface area (Å²) in [5.74, 6) is 1.01. The molecule has 13 heavy (non-hydrogen) atoms. The molecule has 2 rings (SSSR count). The van der Waals surface area contributed by atoms with Crippen molar-refractivity contribution in [3.63, 3.8) is 0 Å². The maximum absolute atomic E-state index is 5.75. The van der Waals surface area contributed by atoms with Crippen LogP contribution in [0.3, 0.4) is 0 Å². The van der Waals surface area contributed by atoms with Gasteiger partial charge in [-0.05, 0) is 43.0 Å². The minimum atomic E-state index is 0.467. The zero-order valence-corrected chi connectivity index (χ0v) is 7.92. The minimum absolute atomic E-state index is 0.467. The first-order chi connectivity index (χ1) is 6.29. The number of rotatable bonds is 3. The van der Waals surface area contributed by atoms with E-state index in [-0.39, 0.29) is 0 Å². The highest BCUT2D eigenvalue weighted by atomic mass is 16.5. The van der Waals surface area contributed by atoms with Crippen LogP contribution in [0.5, 0.6) is 5.75 Å². The van der Waals surface area contributed by atoms with Gasteiger partial charge >= 0.3 is 0 Å². The number of benzene rings is 1. The Morgan fingerprint density at radius 3 is 2.85 bits per heavy atom. The molecule has 0 bridgehead atoms. The highest BCUT2D eigenvalue weighted by Crippen LogP contribution is 2.30. The second-order valence-electron chi connectivity index (χ2n) is 3.54. The van der Waals surface area contributed by atoms with Gasteiger partial charge in [-0.25, -0.2) is 0 Å². The fraction of sp³-hybridized carbons (Fsp3) is 0.455. The van der Waals surface area contributed by atoms with E-state index < -0.39 is 0 Å². The van der Waals surface area contributed by atoms with E-state index in [0.29, 0.717) is 6.10 Å². The normalized spacial score (nSPS) is 15.8. The van der Waals surface area contributed by atoms with Gasteiger partial charge in [-0.2, -0.15) is 0 Å². The third-order valence-electron chi connectivity index (χ3n) is 2.28. The van der Waals surface area contributed by atoms with E-state index in [2.05, 4.69) is 6.92 Å². The molecule has 0 radical (unpaired) electrons. The summed E-state index contributed by atoms with van der Waals surface area (Å²) >= 11 is 0. The van der Waals surface area contributed by atoms with Crippen molar-refractivity contribution in [1.82, 2.24) is 0 Å². The SMILES string of the molecule is CCc1cc(N)ccc1OC1CC1. The molecular formula is C11H15NO. The summed E-state index contributed by atoms with van der Waals surface area (Å²) in [5, 5.41) is 0. The van der Waals surface area contributed by atoms with E-state index in [1.54, 1.807) is 0 Å². The van der Waals surface area contributed by atoms with Gasteiger partial charge in [0.05, 0.1) is 6.10 Å². The summed E-state index contributed by atoms with van der Waals surface area (Å²) in [6, 6.07) is 5.88. The van der Waals surface area contributed by atoms with Gasteiger partial charge in [0.25, 0.3) is 0 Å². The van der Waals surface area contributed by atoms with Gasteiger partial charge in [-0.1, -0.05) is 6.92 Å². The lowest BCUT2D eigenvalue weighted by Gasteiger charge is -2.09. The zero-order chi connectivity index (χ0) is 9.26. The Bertz CT molecular complexity index is 305. The quantitative estimate of drug-likeness (QED) is 0.719. The molecule has 1 aromatic carbocycles. The Hall–Kier alpha value is -1.18. The minimum Gasteiger partial charge on any atom is -0.490 e. The summed E-state index contributed by atoms with van der Waals surface area (Å²) in [4.78, 5) is 0. The molecule has 1 aliphatic rings. The summed E-state index contributed by atoms with van der Waals surface area (Å²) in [6.45, 7) is 2.12. The van der Waals surface area contributed by atoms with Gasteiger partial charge in [-0.15, -0.1) is 0 Å². The monoisotopic (exact) mass is 177 g/mol. The van der Waals surface area contributed by atoms with Crippen LogP contribution in [0.25, 0.3) is 0 Å². The summed E-state index contributed by atoms with van der Waals surface area (Å²) in [7, 11) is 0. The Balaban J connectivity index is 2.21. The van der Waals surface area contributed by atoms with E-state index in [4.69, 9.17) is 10.5 Å². The molecule has 0 unspecified atom stereocenters. The topological polar surface area (TPSA) is 35.2 Å². The lowest BCUT2D eigenvalue weighted by atomic mass is 10.1. The van der Waals surface area contributed by atoms with Crippen molar-refractivity contribution in [2.45, 2.75) is 32.3 Å². The van der Waals surface area contributed by atoms with Crippen LogP contribution in [-0.4, -0.2) is 6.10 Å². The van der Waals surface area contributed by atoms with Crippen molar-refractivity contribution < 1.29 is 4.74 Å². The number of ether oxygens (including phenoxy) is 1. The first-order valence-corrected chi connectivity index (χ1v) is 4.84. The number of hydrogen-bond acceptors (Lipinski definition) is 2. The third kappa shape index (κ3) is 1.94. The van der Waals surface area contributed by atoms with Gasteiger partial charge in [0.2, 0.25) is 0 Å². The molecule has 2 heteroatoms. The van der Waals surface area contributed by atoms with E-state index in [1.165, 1.54) is 18.4 Å². The number of anilines is 1. The van der Waals surface area contributed by atoms with Crippen LogP contribution < -0.4 is 10.5 Å². The molecule has 1 fully saturated rings. The lowest BCUT2D eigenvalue weighted by Crippen LogP contribution is -2.00. The van der Waals surface area contributed by atoms with Crippen molar-refractivity contribution in [2.24, 2.45) is 0 Å². The average Bonchev–Trinajstić information content (AvgIpc) is 2.92. The molecule has 2 N–H and O–H groups in total. The predicted molar refractivity (Wildman–Crippen MR) is 53.9 cm³/mol. The predicted octanol–water partition coefficient (Wildman–Crippen LogP) is 2.37. The number of nitrogen functional groups attached to an aromatic ring is 1. The number of hydrogen-bond donors (Lipinski definition) is 1. The van der Waals surface area contributed by atoms with Gasteiger partial charge in [0.1, 0.15) is 5.75 Å². The maximum Gasteiger partial charge on any atom is 0.123 e. The second-order valence-corrected chi connectivity index (χ2v) is 3.54. The molecule has 1 saturated carbocycles. The zero-order valence-electron chi connectivity index (χ0n) is 7.92. The molecule has 1 aliphatic carbocycles. The van der Waals surface area contributed by atoms with Gasteiger partial charge in [0, 0.05) is 5.69 Å². The van der Waals surface area contributed by atoms with Crippen LogP contribution >= 0.6 is 0 Å². The van der Waals surface area contributed by atoms with E-state index in [9.17, 15) is 0 Å². The first-order valence-electron chi connectivity index (χ1n) is 4.84. The van der Waals surface area contributed by atoms with Crippen LogP contribution in [-0.2, 0) is 6.42 Å². The maximum atomic E-state index is 5.75. The second kappa shape index (κ2) is 3.29. The lowest BCUT2D eigenvalue weighted by molar-refractivity contribution is 0.300. The number of aryl methyl sites for hydroxylation is 1. The average molecular weight is 177 g/mol. The molecule has 0 aliphatic heterocycles. The van der Waals surface area contributed by atoms with Crippen molar-refractivity contribution in [3.05, 3.63) is 23.8 Å². The fourth-order valence-electron chi connectivity index (χ4n) is 1.36. The van der Waals surface area contributed by atoms with Crippen LogP contribution in [0, 0.1) is 0 Å². The Morgan fingerprint density at radius 2 is 2.23 bits per heavy atom. The van der Waals surface area contributed by atoms with Crippen molar-refractivity contribution in [2.75, 3.05) is 5.73 Å². The molecule has 0 amide bonds. The smallest absolute Gasteiger partial charge is 0.123 e. The van der Waals surface area contributed by atoms with Crippen LogP contribution in [0.15, 0.2) is 18.2 Å². The first kappa shape index (κ1) is 8.42. The molecular weight excluding hydrogens is 162 g/mol.